The van der Waals surface area contributed by atoms with Gasteiger partial charge in [-0.05, 0) is 24.6 Å². The average Bonchev–Trinajstić information content (AvgIpc) is 3.41. The molecule has 0 unspecified atom stereocenters. The van der Waals surface area contributed by atoms with Gasteiger partial charge in [-0.2, -0.15) is 13.2 Å². The van der Waals surface area contributed by atoms with Gasteiger partial charge in [-0.3, -0.25) is 4.99 Å². The third kappa shape index (κ3) is 4.99. The number of aromatic nitrogens is 1. The summed E-state index contributed by atoms with van der Waals surface area (Å²) in [5.41, 5.74) is -4.81. The van der Waals surface area contributed by atoms with Crippen LogP contribution in [0.4, 0.5) is 17.6 Å². The Morgan fingerprint density at radius 1 is 1.37 bits per heavy atom. The van der Waals surface area contributed by atoms with Crippen LogP contribution in [0.5, 0.6) is 0 Å². The molecular weight excluding hydrogens is 580 g/mol. The molecule has 0 radical (unpaired) electrons. The number of hydrogen-bond acceptors (Lipinski definition) is 8. The van der Waals surface area contributed by atoms with Gasteiger partial charge in [-0.15, -0.1) is 11.3 Å². The molecule has 2 aliphatic rings. The number of carbonyl (C=O) groups excluding carboxylic acids is 1. The molecule has 188 valence electrons. The highest BCUT2D eigenvalue weighted by atomic mass is 79.9. The monoisotopic (exact) mass is 596 g/mol. The topological polar surface area (TPSA) is 101 Å². The van der Waals surface area contributed by atoms with Gasteiger partial charge in [0.05, 0.1) is 12.2 Å². The van der Waals surface area contributed by atoms with E-state index in [1.54, 1.807) is 17.0 Å². The lowest BCUT2D eigenvalue weighted by atomic mass is 9.94. The zero-order valence-corrected chi connectivity index (χ0v) is 21.1. The van der Waals surface area contributed by atoms with Crippen molar-refractivity contribution in [2.75, 3.05) is 13.2 Å². The first kappa shape index (κ1) is 25.7. The highest BCUT2D eigenvalue weighted by Gasteiger charge is 2.49. The van der Waals surface area contributed by atoms with Crippen molar-refractivity contribution in [3.8, 4) is 0 Å². The molecule has 15 heteroatoms. The summed E-state index contributed by atoms with van der Waals surface area (Å²) in [6.07, 6.45) is 1.28. The van der Waals surface area contributed by atoms with Crippen molar-refractivity contribution in [2.24, 2.45) is 4.99 Å². The number of esters is 1. The van der Waals surface area contributed by atoms with Gasteiger partial charge >= 0.3 is 21.5 Å². The number of nitrogens with one attached hydrogen (secondary N) is 1. The number of amidine groups is 1. The summed E-state index contributed by atoms with van der Waals surface area (Å²) < 4.78 is 83.5. The minimum Gasteiger partial charge on any atom is -0.463 e. The van der Waals surface area contributed by atoms with Gasteiger partial charge in [0, 0.05) is 40.8 Å². The highest BCUT2D eigenvalue weighted by molar-refractivity contribution is 9.10. The summed E-state index contributed by atoms with van der Waals surface area (Å²) in [6, 6.07) is 1.60. The third-order valence-electron chi connectivity index (χ3n) is 5.26. The fourth-order valence-corrected chi connectivity index (χ4v) is 5.82. The Morgan fingerprint density at radius 2 is 2.11 bits per heavy atom. The van der Waals surface area contributed by atoms with Crippen LogP contribution in [0.25, 0.3) is 0 Å². The van der Waals surface area contributed by atoms with Crippen LogP contribution >= 0.6 is 27.3 Å². The molecule has 0 bridgehead atoms. The van der Waals surface area contributed by atoms with Crippen LogP contribution in [0, 0.1) is 5.82 Å². The maximum Gasteiger partial charge on any atom is 0.511 e. The van der Waals surface area contributed by atoms with Gasteiger partial charge in [-0.25, -0.2) is 27.3 Å². The molecule has 1 N–H and O–H groups in total. The number of fused-ring (bicyclic) bond motifs is 1. The van der Waals surface area contributed by atoms with Gasteiger partial charge in [0.15, 0.2) is 10.8 Å². The molecule has 35 heavy (non-hydrogen) atoms. The number of halogens is 5. The minimum atomic E-state index is -5.64. The number of nitrogens with zero attached hydrogens (tertiary/aromatic N) is 3. The Hall–Kier alpha value is -2.36. The van der Waals surface area contributed by atoms with Crippen molar-refractivity contribution >= 4 is 49.1 Å². The molecule has 4 rings (SSSR count). The lowest BCUT2D eigenvalue weighted by Crippen LogP contribution is -2.44. The second-order valence-electron chi connectivity index (χ2n) is 7.52. The zero-order chi connectivity index (χ0) is 25.5. The van der Waals surface area contributed by atoms with E-state index in [2.05, 4.69) is 25.9 Å². The molecule has 3 heterocycles. The first-order chi connectivity index (χ1) is 16.4. The van der Waals surface area contributed by atoms with E-state index in [0.717, 1.165) is 0 Å². The molecule has 1 saturated heterocycles. The SMILES string of the molecule is CCOC(=O)C1=C2C[C@H](NS(=O)(=O)C(F)(F)F)CN2C(c2nccs2)=N[C@H]1c1ccc(F)cc1Br. The summed E-state index contributed by atoms with van der Waals surface area (Å²) in [6.45, 7) is 1.38. The highest BCUT2D eigenvalue weighted by Crippen LogP contribution is 2.43. The van der Waals surface area contributed by atoms with Crippen LogP contribution in [-0.2, 0) is 19.6 Å². The molecule has 2 aromatic rings. The number of ether oxygens (including phenoxy) is 1. The quantitative estimate of drug-likeness (QED) is 0.401. The number of aliphatic imine (C=N–C) groups is 1. The Bertz CT molecular complexity index is 1310. The Kier molecular flexibility index (Phi) is 7.05. The molecule has 0 amide bonds. The number of sulfonamides is 1. The van der Waals surface area contributed by atoms with Crippen molar-refractivity contribution in [3.63, 3.8) is 0 Å². The molecule has 0 aliphatic carbocycles. The summed E-state index contributed by atoms with van der Waals surface area (Å²) in [5, 5.41) is 2.08. The molecule has 1 aromatic heterocycles. The van der Waals surface area contributed by atoms with Gasteiger partial charge in [0.1, 0.15) is 11.9 Å². The number of rotatable bonds is 6. The van der Waals surface area contributed by atoms with Crippen molar-refractivity contribution in [1.82, 2.24) is 14.6 Å². The zero-order valence-electron chi connectivity index (χ0n) is 17.8. The van der Waals surface area contributed by atoms with Crippen LogP contribution in [0.15, 0.2) is 50.5 Å². The van der Waals surface area contributed by atoms with E-state index < -0.39 is 39.4 Å². The number of hydrogen-bond donors (Lipinski definition) is 1. The van der Waals surface area contributed by atoms with Crippen LogP contribution in [0.2, 0.25) is 0 Å². The van der Waals surface area contributed by atoms with Crippen molar-refractivity contribution in [3.05, 3.63) is 61.9 Å². The summed E-state index contributed by atoms with van der Waals surface area (Å²) in [4.78, 5) is 23.4. The number of benzene rings is 1. The van der Waals surface area contributed by atoms with Gasteiger partial charge in [0.25, 0.3) is 0 Å². The lowest BCUT2D eigenvalue weighted by molar-refractivity contribution is -0.139. The maximum absolute atomic E-state index is 13.8. The van der Waals surface area contributed by atoms with E-state index in [4.69, 9.17) is 4.74 Å². The van der Waals surface area contributed by atoms with Gasteiger partial charge < -0.3 is 9.64 Å². The van der Waals surface area contributed by atoms with Crippen LogP contribution in [0.3, 0.4) is 0 Å². The van der Waals surface area contributed by atoms with Crippen LogP contribution < -0.4 is 4.72 Å². The standard InChI is InChI=1S/C20H17BrF4N4O4S2/c1-2-33-19(30)15-14-8-11(28-35(31,32)20(23,24)25)9-29(14)17(18-26-5-6-34-18)27-16(15)12-4-3-10(22)7-13(12)21/h3-7,11,16,28H,2,8-9H2,1H3/t11-,16-/m0/s1. The van der Waals surface area contributed by atoms with Crippen molar-refractivity contribution < 1.29 is 35.5 Å². The van der Waals surface area contributed by atoms with E-state index in [9.17, 15) is 30.8 Å². The average molecular weight is 597 g/mol. The summed E-state index contributed by atoms with van der Waals surface area (Å²) >= 11 is 4.49. The molecule has 0 spiro atoms. The second kappa shape index (κ2) is 9.59. The molecule has 2 aliphatic heterocycles. The maximum atomic E-state index is 13.8. The number of carbonyl (C=O) groups is 1. The van der Waals surface area contributed by atoms with E-state index >= 15 is 0 Å². The molecule has 0 saturated carbocycles. The first-order valence-corrected chi connectivity index (χ1v) is 13.3. The van der Waals surface area contributed by atoms with Crippen molar-refractivity contribution in [1.29, 1.82) is 0 Å². The summed E-state index contributed by atoms with van der Waals surface area (Å²) in [7, 11) is -5.64. The van der Waals surface area contributed by atoms with Crippen LogP contribution in [0.1, 0.15) is 30.0 Å². The van der Waals surface area contributed by atoms with Gasteiger partial charge in [0.2, 0.25) is 0 Å². The Morgan fingerprint density at radius 3 is 2.71 bits per heavy atom. The molecule has 1 aromatic carbocycles. The molecular formula is C20H17BrF4N4O4S2. The Labute approximate surface area is 209 Å². The van der Waals surface area contributed by atoms with E-state index in [-0.39, 0.29) is 36.7 Å². The third-order valence-corrected chi connectivity index (χ3v) is 7.97. The number of alkyl halides is 3. The minimum absolute atomic E-state index is 0.0140. The van der Waals surface area contributed by atoms with E-state index in [1.165, 1.54) is 40.6 Å². The first-order valence-electron chi connectivity index (χ1n) is 10.1. The fourth-order valence-electron chi connectivity index (χ4n) is 3.88. The lowest BCUT2D eigenvalue weighted by Gasteiger charge is -2.31. The number of thiazole rings is 1. The van der Waals surface area contributed by atoms with Crippen LogP contribution in [-0.4, -0.2) is 54.8 Å². The Balaban J connectivity index is 1.86. The normalized spacial score (nSPS) is 20.6. The predicted molar refractivity (Wildman–Crippen MR) is 122 cm³/mol. The van der Waals surface area contributed by atoms with Crippen molar-refractivity contribution in [2.45, 2.75) is 30.9 Å². The van der Waals surface area contributed by atoms with Gasteiger partial charge in [-0.1, -0.05) is 22.0 Å². The van der Waals surface area contributed by atoms with E-state index in [0.29, 0.717) is 15.0 Å². The molecule has 2 atom stereocenters. The second-order valence-corrected chi connectivity index (χ2v) is 11.0. The fraction of sp³-hybridized carbons (Fsp3) is 0.350. The molecule has 1 fully saturated rings. The largest absolute Gasteiger partial charge is 0.511 e. The smallest absolute Gasteiger partial charge is 0.463 e. The predicted octanol–water partition coefficient (Wildman–Crippen LogP) is 3.88. The summed E-state index contributed by atoms with van der Waals surface area (Å²) in [5.74, 6) is -1.05. The van der Waals surface area contributed by atoms with E-state index in [1.807, 2.05) is 0 Å². The molecule has 8 nitrogen and oxygen atoms in total.